The first-order chi connectivity index (χ1) is 6.93. The summed E-state index contributed by atoms with van der Waals surface area (Å²) in [5.41, 5.74) is 0. The molecular weight excluding hydrogens is 608 g/mol. The van der Waals surface area contributed by atoms with Crippen molar-refractivity contribution in [3.05, 3.63) is 0 Å². The Morgan fingerprint density at radius 1 is 0.278 bits per heavy atom. The van der Waals surface area contributed by atoms with Crippen molar-refractivity contribution in [2.45, 2.75) is 0 Å². The van der Waals surface area contributed by atoms with E-state index in [1.54, 1.807) is 0 Å². The fourth-order valence-electron chi connectivity index (χ4n) is 0. The molecule has 0 N–H and O–H groups in total. The van der Waals surface area contributed by atoms with Crippen molar-refractivity contribution >= 4 is 29.3 Å². The summed E-state index contributed by atoms with van der Waals surface area (Å²) in [6, 6.07) is 0. The van der Waals surface area contributed by atoms with Gasteiger partial charge in [0.05, 0.1) is 0 Å². The van der Waals surface area contributed by atoms with E-state index >= 15 is 0 Å². The van der Waals surface area contributed by atoms with Gasteiger partial charge in [-0.25, -0.2) is 0 Å². The topological polar surface area (TPSA) is 277 Å². The molecular formula is B4O12Re2. The van der Waals surface area contributed by atoms with Gasteiger partial charge in [-0.15, -0.1) is 0 Å². The van der Waals surface area contributed by atoms with Crippen molar-refractivity contribution in [3.63, 3.8) is 0 Å². The van der Waals surface area contributed by atoms with Crippen LogP contribution < -0.4 is 60.3 Å². The number of hydrogen-bond acceptors (Lipinski definition) is 12. The molecule has 0 rings (SSSR count). The van der Waals surface area contributed by atoms with E-state index in [1.807, 2.05) is 0 Å². The number of rotatable bonds is 0. The van der Waals surface area contributed by atoms with Crippen LogP contribution in [-0.4, -0.2) is 29.3 Å². The maximum atomic E-state index is 8.42. The van der Waals surface area contributed by atoms with Gasteiger partial charge >= 0.3 is 40.8 Å². The molecule has 0 atom stereocenters. The van der Waals surface area contributed by atoms with E-state index in [9.17, 15) is 0 Å². The first-order valence-corrected chi connectivity index (χ1v) is 2.83. The molecule has 0 aromatic rings. The van der Waals surface area contributed by atoms with Crippen molar-refractivity contribution in [2.24, 2.45) is 0 Å². The van der Waals surface area contributed by atoms with Crippen LogP contribution in [0, 0.1) is 0 Å². The SMILES string of the molecule is [O-]B([O-])[O-].[O-]B([O-])[O-].[O-]B([O-])[O-].[O-]B([O-])[O-].[Re+6].[Re+6]. The quantitative estimate of drug-likeness (QED) is 0.232. The molecule has 0 fully saturated rings. The van der Waals surface area contributed by atoms with Crippen LogP contribution in [0.3, 0.4) is 0 Å². The predicted molar refractivity (Wildman–Crippen MR) is 23.0 cm³/mol. The van der Waals surface area contributed by atoms with Gasteiger partial charge in [0.2, 0.25) is 0 Å². The summed E-state index contributed by atoms with van der Waals surface area (Å²) >= 11 is 0. The third-order valence-corrected chi connectivity index (χ3v) is 0. The van der Waals surface area contributed by atoms with E-state index in [2.05, 4.69) is 0 Å². The van der Waals surface area contributed by atoms with Gasteiger partial charge < -0.3 is 60.3 Å². The van der Waals surface area contributed by atoms with E-state index in [1.165, 1.54) is 0 Å². The normalized spacial score (nSPS) is 6.00. The smallest absolute Gasteiger partial charge is 0.907 e. The standard InChI is InChI=1S/4BO3.2Re/c4*2-1(3)4;;/q4*-3;2*+6. The average molecular weight is 608 g/mol. The van der Waals surface area contributed by atoms with Gasteiger partial charge in [0.15, 0.2) is 0 Å². The van der Waals surface area contributed by atoms with E-state index in [0.29, 0.717) is 0 Å². The van der Waals surface area contributed by atoms with Crippen LogP contribution >= 0.6 is 0 Å². The molecule has 0 spiro atoms. The Bertz CT molecular complexity index is 65.1. The van der Waals surface area contributed by atoms with Gasteiger partial charge in [0, 0.05) is 0 Å². The minimum Gasteiger partial charge on any atom is -0.907 e. The van der Waals surface area contributed by atoms with Crippen LogP contribution in [0.15, 0.2) is 0 Å². The molecule has 0 bridgehead atoms. The minimum atomic E-state index is -2.92. The monoisotopic (exact) mass is 610 g/mol. The summed E-state index contributed by atoms with van der Waals surface area (Å²) in [4.78, 5) is 0. The number of hydrogen-bond donors (Lipinski definition) is 0. The zero-order valence-electron chi connectivity index (χ0n) is 7.96. The van der Waals surface area contributed by atoms with Gasteiger partial charge in [0.25, 0.3) is 0 Å². The zero-order valence-corrected chi connectivity index (χ0v) is 13.4. The Labute approximate surface area is 130 Å². The molecule has 0 aliphatic rings. The van der Waals surface area contributed by atoms with Crippen LogP contribution in [-0.2, 0) is 40.8 Å². The molecule has 0 aromatic carbocycles. The van der Waals surface area contributed by atoms with Crippen LogP contribution in [0.4, 0.5) is 0 Å². The third-order valence-electron chi connectivity index (χ3n) is 0. The van der Waals surface area contributed by atoms with Crippen molar-refractivity contribution in [1.82, 2.24) is 0 Å². The minimum absolute atomic E-state index is 0. The summed E-state index contributed by atoms with van der Waals surface area (Å²) in [6.45, 7) is 0. The summed E-state index contributed by atoms with van der Waals surface area (Å²) < 4.78 is 0. The summed E-state index contributed by atoms with van der Waals surface area (Å²) in [5.74, 6) is 0. The molecule has 0 saturated heterocycles. The molecule has 2 radical (unpaired) electrons. The molecule has 0 aromatic heterocycles. The molecule has 0 amide bonds. The Balaban J connectivity index is -0.0000000257. The molecule has 0 heterocycles. The largest absolute Gasteiger partial charge is 6.00 e. The summed E-state index contributed by atoms with van der Waals surface area (Å²) in [6.07, 6.45) is 0. The second-order valence-electron chi connectivity index (χ2n) is 1.15. The molecule has 18 heavy (non-hydrogen) atoms. The predicted octanol–water partition coefficient (Wildman–Crippen LogP) is -15.8. The van der Waals surface area contributed by atoms with Crippen molar-refractivity contribution in [1.29, 1.82) is 0 Å². The van der Waals surface area contributed by atoms with Crippen LogP contribution in [0.1, 0.15) is 0 Å². The second-order valence-corrected chi connectivity index (χ2v) is 1.15. The van der Waals surface area contributed by atoms with E-state index in [4.69, 9.17) is 60.3 Å². The summed E-state index contributed by atoms with van der Waals surface area (Å²) in [5, 5.41) is 101. The first-order valence-electron chi connectivity index (χ1n) is 2.83. The average Bonchev–Trinajstić information content (AvgIpc) is 1.76. The van der Waals surface area contributed by atoms with E-state index in [0.717, 1.165) is 0 Å². The molecule has 98 valence electrons. The molecule has 0 aliphatic heterocycles. The molecule has 18 heteroatoms. The van der Waals surface area contributed by atoms with E-state index in [-0.39, 0.29) is 40.8 Å². The van der Waals surface area contributed by atoms with Crippen molar-refractivity contribution in [2.75, 3.05) is 0 Å². The van der Waals surface area contributed by atoms with E-state index < -0.39 is 29.3 Å². The Morgan fingerprint density at radius 3 is 0.278 bits per heavy atom. The maximum absolute atomic E-state index is 8.42. The second kappa shape index (κ2) is 30.8. The van der Waals surface area contributed by atoms with Gasteiger partial charge in [-0.2, -0.15) is 0 Å². The first kappa shape index (κ1) is 36.5. The zero-order chi connectivity index (χ0) is 14.3. The van der Waals surface area contributed by atoms with Crippen molar-refractivity contribution in [3.8, 4) is 0 Å². The van der Waals surface area contributed by atoms with Crippen LogP contribution in [0.5, 0.6) is 0 Å². The van der Waals surface area contributed by atoms with Crippen LogP contribution in [0.2, 0.25) is 0 Å². The van der Waals surface area contributed by atoms with Gasteiger partial charge in [-0.3, -0.25) is 29.3 Å². The van der Waals surface area contributed by atoms with Crippen molar-refractivity contribution < 1.29 is 101 Å². The van der Waals surface area contributed by atoms with Gasteiger partial charge in [-0.1, -0.05) is 0 Å². The molecule has 0 saturated carbocycles. The third kappa shape index (κ3) is 3640. The fourth-order valence-corrected chi connectivity index (χ4v) is 0. The molecule has 0 unspecified atom stereocenters. The molecule has 0 aliphatic carbocycles. The molecule has 12 nitrogen and oxygen atoms in total. The Kier molecular flexibility index (Phi) is 62.5. The van der Waals surface area contributed by atoms with Crippen LogP contribution in [0.25, 0.3) is 0 Å². The fraction of sp³-hybridized carbons (Fsp3) is 0. The Morgan fingerprint density at radius 2 is 0.278 bits per heavy atom. The maximum Gasteiger partial charge on any atom is 6.00 e. The Hall–Kier alpha value is 1.10. The van der Waals surface area contributed by atoms with Gasteiger partial charge in [-0.05, 0) is 0 Å². The van der Waals surface area contributed by atoms with Gasteiger partial charge in [0.1, 0.15) is 0 Å². The summed E-state index contributed by atoms with van der Waals surface area (Å²) in [7, 11) is -11.7.